The maximum Gasteiger partial charge on any atom is 0.378 e. The zero-order valence-electron chi connectivity index (χ0n) is 9.62. The number of esters is 1. The fourth-order valence-corrected chi connectivity index (χ4v) is 1.74. The first-order valence-electron chi connectivity index (χ1n) is 5.40. The summed E-state index contributed by atoms with van der Waals surface area (Å²) >= 11 is 5.88. The van der Waals surface area contributed by atoms with Crippen LogP contribution in [0.2, 0.25) is 5.02 Å². The van der Waals surface area contributed by atoms with Gasteiger partial charge in [0.05, 0.1) is 11.6 Å². The summed E-state index contributed by atoms with van der Waals surface area (Å²) in [7, 11) is 0. The Morgan fingerprint density at radius 1 is 1.42 bits per heavy atom. The Hall–Kier alpha value is -1.76. The number of rotatable bonds is 4. The molecule has 19 heavy (non-hydrogen) atoms. The maximum atomic E-state index is 11.3. The van der Waals surface area contributed by atoms with Gasteiger partial charge in [-0.3, -0.25) is 0 Å². The summed E-state index contributed by atoms with van der Waals surface area (Å²) < 4.78 is 10.0. The molecular formula is C12H11ClO6. The summed E-state index contributed by atoms with van der Waals surface area (Å²) in [5.41, 5.74) is 0. The number of hydrogen-bond acceptors (Lipinski definition) is 6. The van der Waals surface area contributed by atoms with Crippen molar-refractivity contribution < 1.29 is 29.6 Å². The van der Waals surface area contributed by atoms with Crippen molar-refractivity contribution in [1.82, 2.24) is 0 Å². The van der Waals surface area contributed by atoms with Crippen LogP contribution < -0.4 is 4.74 Å². The molecule has 0 aromatic heterocycles. The van der Waals surface area contributed by atoms with E-state index in [1.54, 1.807) is 18.2 Å². The number of halogens is 1. The molecule has 0 radical (unpaired) electrons. The van der Waals surface area contributed by atoms with Crippen molar-refractivity contribution in [1.29, 1.82) is 0 Å². The second-order valence-electron chi connectivity index (χ2n) is 3.82. The van der Waals surface area contributed by atoms with Crippen LogP contribution in [0.25, 0.3) is 0 Å². The molecular weight excluding hydrogens is 276 g/mol. The Bertz CT molecular complexity index is 527. The van der Waals surface area contributed by atoms with Crippen LogP contribution in [0.15, 0.2) is 35.8 Å². The van der Waals surface area contributed by atoms with Gasteiger partial charge in [0, 0.05) is 0 Å². The molecule has 1 aliphatic heterocycles. The third kappa shape index (κ3) is 2.65. The number of benzene rings is 1. The molecule has 0 spiro atoms. The number of cyclic esters (lactones) is 1. The SMILES string of the molecule is O=C1O[C@H]([C@@H](O)CO)C(Oc2ccccc2Cl)=C1O. The molecule has 0 aliphatic carbocycles. The van der Waals surface area contributed by atoms with Gasteiger partial charge in [0.1, 0.15) is 11.9 Å². The highest BCUT2D eigenvalue weighted by Crippen LogP contribution is 2.31. The Balaban J connectivity index is 2.30. The second-order valence-corrected chi connectivity index (χ2v) is 4.23. The summed E-state index contributed by atoms with van der Waals surface area (Å²) in [6, 6.07) is 6.41. The zero-order valence-corrected chi connectivity index (χ0v) is 10.4. The summed E-state index contributed by atoms with van der Waals surface area (Å²) in [6.07, 6.45) is -2.67. The van der Waals surface area contributed by atoms with Gasteiger partial charge in [0.15, 0.2) is 11.9 Å². The molecule has 0 unspecified atom stereocenters. The zero-order chi connectivity index (χ0) is 14.0. The molecule has 0 fully saturated rings. The van der Waals surface area contributed by atoms with E-state index in [9.17, 15) is 15.0 Å². The first-order valence-corrected chi connectivity index (χ1v) is 5.77. The highest BCUT2D eigenvalue weighted by atomic mass is 35.5. The van der Waals surface area contributed by atoms with Crippen LogP contribution in [0.1, 0.15) is 0 Å². The van der Waals surface area contributed by atoms with Gasteiger partial charge in [-0.05, 0) is 12.1 Å². The van der Waals surface area contributed by atoms with E-state index >= 15 is 0 Å². The number of aliphatic hydroxyl groups excluding tert-OH is 3. The van der Waals surface area contributed by atoms with Crippen molar-refractivity contribution in [3.63, 3.8) is 0 Å². The monoisotopic (exact) mass is 286 g/mol. The molecule has 0 bridgehead atoms. The van der Waals surface area contributed by atoms with Gasteiger partial charge in [0.25, 0.3) is 0 Å². The molecule has 0 saturated carbocycles. The number of para-hydroxylation sites is 1. The molecule has 2 rings (SSSR count). The highest BCUT2D eigenvalue weighted by Gasteiger charge is 2.41. The van der Waals surface area contributed by atoms with E-state index < -0.39 is 30.5 Å². The first-order chi connectivity index (χ1) is 9.04. The largest absolute Gasteiger partial charge is 0.499 e. The number of hydrogen-bond donors (Lipinski definition) is 3. The lowest BCUT2D eigenvalue weighted by atomic mass is 10.2. The van der Waals surface area contributed by atoms with Crippen molar-refractivity contribution in [2.45, 2.75) is 12.2 Å². The fraction of sp³-hybridized carbons (Fsp3) is 0.250. The lowest BCUT2D eigenvalue weighted by molar-refractivity contribution is -0.147. The van der Waals surface area contributed by atoms with Gasteiger partial charge in [0.2, 0.25) is 5.76 Å². The van der Waals surface area contributed by atoms with Gasteiger partial charge >= 0.3 is 5.97 Å². The molecule has 0 amide bonds. The molecule has 0 saturated heterocycles. The smallest absolute Gasteiger partial charge is 0.378 e. The normalized spacial score (nSPS) is 20.4. The molecule has 1 heterocycles. The average molecular weight is 287 g/mol. The van der Waals surface area contributed by atoms with E-state index in [0.29, 0.717) is 0 Å². The number of carbonyl (C=O) groups is 1. The minimum Gasteiger partial charge on any atom is -0.499 e. The van der Waals surface area contributed by atoms with Gasteiger partial charge in [-0.1, -0.05) is 23.7 Å². The van der Waals surface area contributed by atoms with E-state index in [0.717, 1.165) is 0 Å². The van der Waals surface area contributed by atoms with Gasteiger partial charge in [-0.15, -0.1) is 0 Å². The molecule has 1 aromatic rings. The van der Waals surface area contributed by atoms with Crippen LogP contribution in [-0.2, 0) is 9.53 Å². The van der Waals surface area contributed by atoms with E-state index in [1.165, 1.54) is 6.07 Å². The summed E-state index contributed by atoms with van der Waals surface area (Å²) in [6.45, 7) is -0.652. The number of aliphatic hydroxyl groups is 3. The third-order valence-electron chi connectivity index (χ3n) is 2.51. The minimum atomic E-state index is -1.40. The summed E-state index contributed by atoms with van der Waals surface area (Å²) in [5.74, 6) is -1.87. The molecule has 6 nitrogen and oxygen atoms in total. The lowest BCUT2D eigenvalue weighted by Crippen LogP contribution is -2.33. The van der Waals surface area contributed by atoms with Gasteiger partial charge < -0.3 is 24.8 Å². The number of carbonyl (C=O) groups excluding carboxylic acids is 1. The van der Waals surface area contributed by atoms with E-state index in [4.69, 9.17) is 26.2 Å². The minimum absolute atomic E-state index is 0.194. The van der Waals surface area contributed by atoms with Crippen LogP contribution in [0, 0.1) is 0 Å². The predicted molar refractivity (Wildman–Crippen MR) is 64.7 cm³/mol. The first kappa shape index (κ1) is 13.7. The fourth-order valence-electron chi connectivity index (χ4n) is 1.56. The molecule has 1 aliphatic rings. The van der Waals surface area contributed by atoms with E-state index in [-0.39, 0.29) is 16.5 Å². The maximum absolute atomic E-state index is 11.3. The Kier molecular flexibility index (Phi) is 3.94. The van der Waals surface area contributed by atoms with Crippen molar-refractivity contribution >= 4 is 17.6 Å². The molecule has 7 heteroatoms. The molecule has 1 aromatic carbocycles. The van der Waals surface area contributed by atoms with Crippen molar-refractivity contribution in [2.24, 2.45) is 0 Å². The van der Waals surface area contributed by atoms with Gasteiger partial charge in [-0.25, -0.2) is 4.79 Å². The number of ether oxygens (including phenoxy) is 2. The van der Waals surface area contributed by atoms with Crippen LogP contribution in [0.5, 0.6) is 5.75 Å². The average Bonchev–Trinajstić information content (AvgIpc) is 2.68. The van der Waals surface area contributed by atoms with Crippen molar-refractivity contribution in [3.8, 4) is 5.75 Å². The molecule has 3 N–H and O–H groups in total. The van der Waals surface area contributed by atoms with Crippen LogP contribution >= 0.6 is 11.6 Å². The quantitative estimate of drug-likeness (QED) is 0.708. The Morgan fingerprint density at radius 3 is 2.74 bits per heavy atom. The highest BCUT2D eigenvalue weighted by molar-refractivity contribution is 6.32. The van der Waals surface area contributed by atoms with Crippen LogP contribution in [0.4, 0.5) is 0 Å². The second kappa shape index (κ2) is 5.48. The summed E-state index contributed by atoms with van der Waals surface area (Å²) in [5, 5.41) is 28.2. The lowest BCUT2D eigenvalue weighted by Gasteiger charge is -2.18. The summed E-state index contributed by atoms with van der Waals surface area (Å²) in [4.78, 5) is 11.3. The topological polar surface area (TPSA) is 96.2 Å². The Labute approximate surface area is 113 Å². The van der Waals surface area contributed by atoms with Crippen LogP contribution in [0.3, 0.4) is 0 Å². The predicted octanol–water partition coefficient (Wildman–Crippen LogP) is 0.767. The van der Waals surface area contributed by atoms with E-state index in [1.807, 2.05) is 0 Å². The molecule has 102 valence electrons. The standard InChI is InChI=1S/C12H11ClO6/c13-6-3-1-2-4-8(6)18-11-9(16)12(17)19-10(11)7(15)5-14/h1-4,7,10,14-16H,5H2/t7-,10+/m0/s1. The van der Waals surface area contributed by atoms with Crippen molar-refractivity contribution in [2.75, 3.05) is 6.61 Å². The third-order valence-corrected chi connectivity index (χ3v) is 2.82. The van der Waals surface area contributed by atoms with Crippen molar-refractivity contribution in [3.05, 3.63) is 40.8 Å². The van der Waals surface area contributed by atoms with Gasteiger partial charge in [-0.2, -0.15) is 0 Å². The van der Waals surface area contributed by atoms with Crippen LogP contribution in [-0.4, -0.2) is 40.1 Å². The van der Waals surface area contributed by atoms with E-state index in [2.05, 4.69) is 0 Å². The Morgan fingerprint density at radius 2 is 2.11 bits per heavy atom. The molecule has 2 atom stereocenters.